The molecule has 0 saturated carbocycles. The van der Waals surface area contributed by atoms with Crippen LogP contribution >= 0.6 is 0 Å². The van der Waals surface area contributed by atoms with E-state index in [2.05, 4.69) is 0 Å². The second-order valence-corrected chi connectivity index (χ2v) is 4.44. The van der Waals surface area contributed by atoms with Crippen molar-refractivity contribution in [1.29, 1.82) is 0 Å². The van der Waals surface area contributed by atoms with E-state index in [0.29, 0.717) is 23.5 Å². The Kier molecular flexibility index (Phi) is 2.71. The van der Waals surface area contributed by atoms with Crippen LogP contribution in [0.3, 0.4) is 0 Å². The van der Waals surface area contributed by atoms with E-state index >= 15 is 0 Å². The molecule has 0 spiro atoms. The lowest BCUT2D eigenvalue weighted by Gasteiger charge is -2.14. The van der Waals surface area contributed by atoms with Gasteiger partial charge in [-0.25, -0.2) is 4.39 Å². The molecule has 96 valence electrons. The van der Waals surface area contributed by atoms with E-state index in [1.807, 2.05) is 12.1 Å². The van der Waals surface area contributed by atoms with Gasteiger partial charge in [0.2, 0.25) is 0 Å². The summed E-state index contributed by atoms with van der Waals surface area (Å²) in [5.41, 5.74) is 1.82. The monoisotopic (exact) mass is 258 g/mol. The predicted octanol–water partition coefficient (Wildman–Crippen LogP) is 2.93. The summed E-state index contributed by atoms with van der Waals surface area (Å²) in [4.78, 5) is 11.6. The fourth-order valence-electron chi connectivity index (χ4n) is 2.41. The Morgan fingerprint density at radius 1 is 1.21 bits per heavy atom. The van der Waals surface area contributed by atoms with Crippen molar-refractivity contribution in [2.24, 2.45) is 0 Å². The third-order valence-electron chi connectivity index (χ3n) is 3.28. The largest absolute Gasteiger partial charge is 0.489 e. The molecule has 0 radical (unpaired) electrons. The van der Waals surface area contributed by atoms with Crippen LogP contribution in [0.25, 0.3) is 0 Å². The van der Waals surface area contributed by atoms with Gasteiger partial charge in [0.15, 0.2) is 0 Å². The molecule has 0 aliphatic carbocycles. The number of hydrogen-bond acceptors (Lipinski definition) is 2. The summed E-state index contributed by atoms with van der Waals surface area (Å²) in [5, 5.41) is 9.47. The van der Waals surface area contributed by atoms with Crippen LogP contribution in [0.5, 0.6) is 5.75 Å². The summed E-state index contributed by atoms with van der Waals surface area (Å²) < 4.78 is 19.0. The average molecular weight is 258 g/mol. The van der Waals surface area contributed by atoms with Crippen LogP contribution < -0.4 is 4.74 Å². The summed E-state index contributed by atoms with van der Waals surface area (Å²) in [7, 11) is 0. The highest BCUT2D eigenvalue weighted by molar-refractivity contribution is 5.82. The van der Waals surface area contributed by atoms with Gasteiger partial charge in [0.1, 0.15) is 24.1 Å². The molecule has 1 aliphatic heterocycles. The minimum absolute atomic E-state index is 0.290. The SMILES string of the molecule is O=C(O)C1c2ccccc2COc2ccc(F)cc21. The van der Waals surface area contributed by atoms with E-state index in [0.717, 1.165) is 5.56 Å². The highest BCUT2D eigenvalue weighted by Crippen LogP contribution is 2.37. The Hall–Kier alpha value is -2.36. The molecule has 2 aromatic rings. The molecule has 1 heterocycles. The maximum atomic E-state index is 13.4. The number of carboxylic acids is 1. The van der Waals surface area contributed by atoms with Crippen molar-refractivity contribution in [2.45, 2.75) is 12.5 Å². The zero-order valence-corrected chi connectivity index (χ0v) is 9.97. The Labute approximate surface area is 109 Å². The molecule has 2 aromatic carbocycles. The van der Waals surface area contributed by atoms with Gasteiger partial charge in [-0.3, -0.25) is 4.79 Å². The van der Waals surface area contributed by atoms with E-state index in [4.69, 9.17) is 4.74 Å². The van der Waals surface area contributed by atoms with Gasteiger partial charge in [-0.1, -0.05) is 24.3 Å². The molecule has 1 N–H and O–H groups in total. The molecule has 4 heteroatoms. The minimum atomic E-state index is -1.01. The molecule has 0 fully saturated rings. The third kappa shape index (κ3) is 1.95. The summed E-state index contributed by atoms with van der Waals surface area (Å²) in [6.07, 6.45) is 0. The van der Waals surface area contributed by atoms with Crippen LogP contribution in [0, 0.1) is 5.82 Å². The maximum absolute atomic E-state index is 13.4. The predicted molar refractivity (Wildman–Crippen MR) is 66.7 cm³/mol. The van der Waals surface area contributed by atoms with Gasteiger partial charge in [0.05, 0.1) is 0 Å². The third-order valence-corrected chi connectivity index (χ3v) is 3.28. The number of aliphatic carboxylic acids is 1. The number of benzene rings is 2. The van der Waals surface area contributed by atoms with Crippen molar-refractivity contribution in [1.82, 2.24) is 0 Å². The van der Waals surface area contributed by atoms with Gasteiger partial charge >= 0.3 is 5.97 Å². The summed E-state index contributed by atoms with van der Waals surface area (Å²) in [6, 6.07) is 11.2. The minimum Gasteiger partial charge on any atom is -0.489 e. The smallest absolute Gasteiger partial charge is 0.315 e. The molecule has 1 unspecified atom stereocenters. The number of ether oxygens (including phenoxy) is 1. The van der Waals surface area contributed by atoms with Crippen molar-refractivity contribution < 1.29 is 19.0 Å². The first-order valence-electron chi connectivity index (χ1n) is 5.89. The van der Waals surface area contributed by atoms with Crippen LogP contribution in [0.2, 0.25) is 0 Å². The van der Waals surface area contributed by atoms with Crippen molar-refractivity contribution in [3.05, 3.63) is 65.0 Å². The van der Waals surface area contributed by atoms with E-state index in [1.165, 1.54) is 18.2 Å². The van der Waals surface area contributed by atoms with Gasteiger partial charge in [-0.15, -0.1) is 0 Å². The average Bonchev–Trinajstić information content (AvgIpc) is 2.54. The zero-order chi connectivity index (χ0) is 13.4. The van der Waals surface area contributed by atoms with Gasteiger partial charge in [-0.05, 0) is 29.3 Å². The summed E-state index contributed by atoms with van der Waals surface area (Å²) in [5.74, 6) is -1.95. The number of carboxylic acid groups (broad SMARTS) is 1. The molecule has 19 heavy (non-hydrogen) atoms. The second kappa shape index (κ2) is 4.39. The zero-order valence-electron chi connectivity index (χ0n) is 9.97. The molecule has 0 saturated heterocycles. The maximum Gasteiger partial charge on any atom is 0.315 e. The Morgan fingerprint density at radius 3 is 2.79 bits per heavy atom. The van der Waals surface area contributed by atoms with Gasteiger partial charge in [-0.2, -0.15) is 0 Å². The van der Waals surface area contributed by atoms with Crippen molar-refractivity contribution in [3.8, 4) is 5.75 Å². The van der Waals surface area contributed by atoms with E-state index < -0.39 is 17.7 Å². The van der Waals surface area contributed by atoms with Gasteiger partial charge in [0.25, 0.3) is 0 Å². The number of fused-ring (bicyclic) bond motifs is 2. The van der Waals surface area contributed by atoms with Gasteiger partial charge < -0.3 is 9.84 Å². The molecule has 3 rings (SSSR count). The van der Waals surface area contributed by atoms with Crippen LogP contribution in [-0.4, -0.2) is 11.1 Å². The van der Waals surface area contributed by atoms with Crippen LogP contribution in [0.4, 0.5) is 4.39 Å². The molecular formula is C15H11FO3. The second-order valence-electron chi connectivity index (χ2n) is 4.44. The van der Waals surface area contributed by atoms with Crippen molar-refractivity contribution in [2.75, 3.05) is 0 Å². The fourth-order valence-corrected chi connectivity index (χ4v) is 2.41. The Morgan fingerprint density at radius 2 is 2.00 bits per heavy atom. The Balaban J connectivity index is 2.25. The van der Waals surface area contributed by atoms with Crippen molar-refractivity contribution >= 4 is 5.97 Å². The highest BCUT2D eigenvalue weighted by atomic mass is 19.1. The number of carbonyl (C=O) groups is 1. The van der Waals surface area contributed by atoms with E-state index in [-0.39, 0.29) is 0 Å². The van der Waals surface area contributed by atoms with Crippen LogP contribution in [-0.2, 0) is 11.4 Å². The molecule has 0 aromatic heterocycles. The lowest BCUT2D eigenvalue weighted by Crippen LogP contribution is -2.14. The van der Waals surface area contributed by atoms with Gasteiger partial charge in [0, 0.05) is 5.56 Å². The van der Waals surface area contributed by atoms with Crippen molar-refractivity contribution in [3.63, 3.8) is 0 Å². The lowest BCUT2D eigenvalue weighted by molar-refractivity contribution is -0.137. The van der Waals surface area contributed by atoms with E-state index in [1.54, 1.807) is 12.1 Å². The summed E-state index contributed by atoms with van der Waals surface area (Å²) >= 11 is 0. The molecule has 1 aliphatic rings. The fraction of sp³-hybridized carbons (Fsp3) is 0.133. The first-order valence-corrected chi connectivity index (χ1v) is 5.89. The topological polar surface area (TPSA) is 46.5 Å². The molecule has 3 nitrogen and oxygen atoms in total. The molecule has 0 amide bonds. The molecule has 1 atom stereocenters. The van der Waals surface area contributed by atoms with Crippen LogP contribution in [0.1, 0.15) is 22.6 Å². The first-order chi connectivity index (χ1) is 9.16. The normalized spacial score (nSPS) is 16.8. The number of rotatable bonds is 1. The Bertz CT molecular complexity index is 652. The highest BCUT2D eigenvalue weighted by Gasteiger charge is 2.30. The lowest BCUT2D eigenvalue weighted by atomic mass is 9.88. The quantitative estimate of drug-likeness (QED) is 0.855. The number of hydrogen-bond donors (Lipinski definition) is 1. The van der Waals surface area contributed by atoms with E-state index in [9.17, 15) is 14.3 Å². The number of halogens is 1. The first kappa shape index (κ1) is 11.7. The van der Waals surface area contributed by atoms with Crippen LogP contribution in [0.15, 0.2) is 42.5 Å². The molecular weight excluding hydrogens is 247 g/mol. The summed E-state index contributed by atoms with van der Waals surface area (Å²) in [6.45, 7) is 0.290. The molecule has 0 bridgehead atoms. The standard InChI is InChI=1S/C15H11FO3/c16-10-5-6-13-12(7-10)14(15(17)18)11-4-2-1-3-9(11)8-19-13/h1-7,14H,8H2,(H,17,18).